The van der Waals surface area contributed by atoms with Gasteiger partial charge >= 0.3 is 0 Å². The zero-order valence-corrected chi connectivity index (χ0v) is 10.3. The molecule has 1 N–H and O–H groups in total. The summed E-state index contributed by atoms with van der Waals surface area (Å²) in [5.74, 6) is 0. The maximum absolute atomic E-state index is 11.3. The largest absolute Gasteiger partial charge is 0.375 e. The van der Waals surface area contributed by atoms with E-state index in [1.54, 1.807) is 0 Å². The number of rotatable bonds is 3. The molecule has 92 valence electrons. The summed E-state index contributed by atoms with van der Waals surface area (Å²) in [5.41, 5.74) is 0.0656. The van der Waals surface area contributed by atoms with E-state index in [4.69, 9.17) is 4.74 Å². The average molecular weight is 245 g/mol. The summed E-state index contributed by atoms with van der Waals surface area (Å²) < 4.78 is 31.1. The Morgan fingerprint density at radius 3 is 2.50 bits per heavy atom. The molecular weight excluding hydrogens is 226 g/mol. The van der Waals surface area contributed by atoms with Gasteiger partial charge in [-0.05, 0) is 38.5 Å². The summed E-state index contributed by atoms with van der Waals surface area (Å²) in [6.07, 6.45) is 5.95. The van der Waals surface area contributed by atoms with Gasteiger partial charge in [-0.3, -0.25) is 0 Å². The molecular formula is C11H19NO3S. The standard InChI is InChI=1S/C11H19NO3S/c1-2-16(13,14)12-10-4-7-11(8-5-10)6-3-9-15-11/h2,10,12H,1,3-9H2. The number of nitrogens with one attached hydrogen (secondary N) is 1. The lowest BCUT2D eigenvalue weighted by atomic mass is 9.81. The van der Waals surface area contributed by atoms with Crippen LogP contribution in [-0.2, 0) is 14.8 Å². The van der Waals surface area contributed by atoms with Crippen molar-refractivity contribution in [1.29, 1.82) is 0 Å². The van der Waals surface area contributed by atoms with E-state index in [-0.39, 0.29) is 11.6 Å². The molecule has 0 unspecified atom stereocenters. The van der Waals surface area contributed by atoms with Crippen molar-refractivity contribution in [2.75, 3.05) is 6.61 Å². The third kappa shape index (κ3) is 2.64. The van der Waals surface area contributed by atoms with E-state index < -0.39 is 10.0 Å². The maximum atomic E-state index is 11.3. The first-order valence-corrected chi connectivity index (χ1v) is 7.39. The number of sulfonamides is 1. The van der Waals surface area contributed by atoms with Gasteiger partial charge in [0.05, 0.1) is 5.60 Å². The molecule has 2 rings (SSSR count). The molecule has 0 radical (unpaired) electrons. The highest BCUT2D eigenvalue weighted by atomic mass is 32.2. The summed E-state index contributed by atoms with van der Waals surface area (Å²) in [4.78, 5) is 0. The van der Waals surface area contributed by atoms with Crippen LogP contribution in [0.1, 0.15) is 38.5 Å². The SMILES string of the molecule is C=CS(=O)(=O)NC1CCC2(CCCO2)CC1. The van der Waals surface area contributed by atoms with E-state index in [9.17, 15) is 8.42 Å². The molecule has 0 aromatic carbocycles. The molecule has 4 nitrogen and oxygen atoms in total. The van der Waals surface area contributed by atoms with Crippen LogP contribution in [0.3, 0.4) is 0 Å². The summed E-state index contributed by atoms with van der Waals surface area (Å²) in [6, 6.07) is 0.0535. The van der Waals surface area contributed by atoms with E-state index in [1.165, 1.54) is 0 Å². The molecule has 2 fully saturated rings. The third-order valence-electron chi connectivity index (χ3n) is 3.63. The summed E-state index contributed by atoms with van der Waals surface area (Å²) in [6.45, 7) is 4.16. The molecule has 0 aromatic rings. The molecule has 0 aromatic heterocycles. The molecule has 5 heteroatoms. The first-order chi connectivity index (χ1) is 7.55. The molecule has 1 aliphatic carbocycles. The number of ether oxygens (including phenoxy) is 1. The topological polar surface area (TPSA) is 55.4 Å². The molecule has 0 amide bonds. The predicted octanol–water partition coefficient (Wildman–Crippen LogP) is 1.54. The minimum atomic E-state index is -3.28. The minimum Gasteiger partial charge on any atom is -0.375 e. The quantitative estimate of drug-likeness (QED) is 0.820. The van der Waals surface area contributed by atoms with Gasteiger partial charge in [0, 0.05) is 18.1 Å². The van der Waals surface area contributed by atoms with Crippen LogP contribution < -0.4 is 4.72 Å². The van der Waals surface area contributed by atoms with Crippen molar-refractivity contribution in [3.8, 4) is 0 Å². The Morgan fingerprint density at radius 1 is 1.31 bits per heavy atom. The van der Waals surface area contributed by atoms with Gasteiger partial charge < -0.3 is 4.74 Å². The molecule has 0 bridgehead atoms. The van der Waals surface area contributed by atoms with Crippen LogP contribution in [-0.4, -0.2) is 26.7 Å². The van der Waals surface area contributed by atoms with Crippen molar-refractivity contribution in [3.05, 3.63) is 12.0 Å². The average Bonchev–Trinajstić information content (AvgIpc) is 2.71. The number of hydrogen-bond acceptors (Lipinski definition) is 3. The van der Waals surface area contributed by atoms with Crippen molar-refractivity contribution in [2.45, 2.75) is 50.2 Å². The first kappa shape index (κ1) is 12.1. The lowest BCUT2D eigenvalue weighted by Crippen LogP contribution is -2.42. The second-order valence-electron chi connectivity index (χ2n) is 4.74. The van der Waals surface area contributed by atoms with E-state index in [0.29, 0.717) is 0 Å². The normalized spacial score (nSPS) is 35.4. The van der Waals surface area contributed by atoms with E-state index >= 15 is 0 Å². The van der Waals surface area contributed by atoms with Crippen molar-refractivity contribution < 1.29 is 13.2 Å². The minimum absolute atomic E-state index is 0.0535. The molecule has 1 aliphatic heterocycles. The van der Waals surface area contributed by atoms with Crippen molar-refractivity contribution in [1.82, 2.24) is 4.72 Å². The smallest absolute Gasteiger partial charge is 0.233 e. The lowest BCUT2D eigenvalue weighted by Gasteiger charge is -2.36. The van der Waals surface area contributed by atoms with Crippen molar-refractivity contribution >= 4 is 10.0 Å². The highest BCUT2D eigenvalue weighted by molar-refractivity contribution is 7.92. The van der Waals surface area contributed by atoms with Crippen LogP contribution >= 0.6 is 0 Å². The van der Waals surface area contributed by atoms with Crippen LogP contribution in [0.4, 0.5) is 0 Å². The lowest BCUT2D eigenvalue weighted by molar-refractivity contribution is -0.0286. The van der Waals surface area contributed by atoms with Crippen LogP contribution in [0.2, 0.25) is 0 Å². The molecule has 16 heavy (non-hydrogen) atoms. The Morgan fingerprint density at radius 2 is 2.00 bits per heavy atom. The molecule has 1 spiro atoms. The first-order valence-electron chi connectivity index (χ1n) is 5.84. The Balaban J connectivity index is 1.88. The highest BCUT2D eigenvalue weighted by Crippen LogP contribution is 2.39. The second-order valence-corrected chi connectivity index (χ2v) is 6.40. The van der Waals surface area contributed by atoms with Gasteiger partial charge in [0.15, 0.2) is 0 Å². The predicted molar refractivity (Wildman–Crippen MR) is 62.4 cm³/mol. The van der Waals surface area contributed by atoms with E-state index in [1.807, 2.05) is 0 Å². The van der Waals surface area contributed by atoms with Crippen LogP contribution in [0.15, 0.2) is 12.0 Å². The fourth-order valence-corrected chi connectivity index (χ4v) is 3.49. The number of hydrogen-bond donors (Lipinski definition) is 1. The Hall–Kier alpha value is -0.390. The van der Waals surface area contributed by atoms with Crippen LogP contribution in [0.25, 0.3) is 0 Å². The zero-order chi connectivity index (χ0) is 11.6. The van der Waals surface area contributed by atoms with Gasteiger partial charge in [0.25, 0.3) is 0 Å². The van der Waals surface area contributed by atoms with E-state index in [0.717, 1.165) is 50.5 Å². The van der Waals surface area contributed by atoms with Crippen LogP contribution in [0, 0.1) is 0 Å². The summed E-state index contributed by atoms with van der Waals surface area (Å²) in [5, 5.41) is 0.976. The molecule has 1 saturated carbocycles. The van der Waals surface area contributed by atoms with Crippen LogP contribution in [0.5, 0.6) is 0 Å². The zero-order valence-electron chi connectivity index (χ0n) is 9.44. The Bertz CT molecular complexity index is 347. The van der Waals surface area contributed by atoms with Crippen molar-refractivity contribution in [2.24, 2.45) is 0 Å². The second kappa shape index (κ2) is 4.47. The highest BCUT2D eigenvalue weighted by Gasteiger charge is 2.39. The Labute approximate surface area is 97.1 Å². The van der Waals surface area contributed by atoms with Gasteiger partial charge in [0.1, 0.15) is 0 Å². The fourth-order valence-electron chi connectivity index (χ4n) is 2.69. The summed E-state index contributed by atoms with van der Waals surface area (Å²) >= 11 is 0. The van der Waals surface area contributed by atoms with Gasteiger partial charge in [-0.2, -0.15) is 0 Å². The summed E-state index contributed by atoms with van der Waals surface area (Å²) in [7, 11) is -3.28. The molecule has 1 saturated heterocycles. The van der Waals surface area contributed by atoms with Gasteiger partial charge in [-0.15, -0.1) is 0 Å². The Kier molecular flexibility index (Phi) is 3.37. The van der Waals surface area contributed by atoms with Crippen molar-refractivity contribution in [3.63, 3.8) is 0 Å². The van der Waals surface area contributed by atoms with E-state index in [2.05, 4.69) is 11.3 Å². The third-order valence-corrected chi connectivity index (χ3v) is 4.73. The molecule has 2 aliphatic rings. The maximum Gasteiger partial charge on any atom is 0.233 e. The monoisotopic (exact) mass is 245 g/mol. The molecule has 0 atom stereocenters. The van der Waals surface area contributed by atoms with Gasteiger partial charge in [0.2, 0.25) is 10.0 Å². The van der Waals surface area contributed by atoms with Gasteiger partial charge in [-0.25, -0.2) is 13.1 Å². The van der Waals surface area contributed by atoms with Gasteiger partial charge in [-0.1, -0.05) is 6.58 Å². The molecule has 1 heterocycles. The fraction of sp³-hybridized carbons (Fsp3) is 0.818.